The normalized spacial score (nSPS) is 15.1. The standard InChI is InChI=1S/C29H24Cl4N2O3/c1-34(2)15-8-9-16-19(13-15)38-28-17-7-5-11-35-10-4-3-6-14(27(17)35)12-18(28)20(16)21-22(29(36)37)24(31)26(33)25(32)23(21)30/h8-9,12-13H,3-7,10-11H2,1-2H3. The maximum Gasteiger partial charge on any atom is 0.203 e. The van der Waals surface area contributed by atoms with Crippen LogP contribution in [0.15, 0.2) is 28.7 Å². The van der Waals surface area contributed by atoms with Crippen molar-refractivity contribution in [1.29, 1.82) is 0 Å². The van der Waals surface area contributed by atoms with Gasteiger partial charge in [0.05, 0.1) is 32.1 Å². The van der Waals surface area contributed by atoms with E-state index in [2.05, 4.69) is 11.0 Å². The molecule has 0 amide bonds. The Labute approximate surface area is 240 Å². The van der Waals surface area contributed by atoms with E-state index in [9.17, 15) is 9.90 Å². The van der Waals surface area contributed by atoms with E-state index in [1.54, 1.807) is 0 Å². The largest absolute Gasteiger partial charge is 0.545 e. The zero-order valence-corrected chi connectivity index (χ0v) is 23.9. The van der Waals surface area contributed by atoms with E-state index in [1.807, 2.05) is 36.9 Å². The smallest absolute Gasteiger partial charge is 0.203 e. The van der Waals surface area contributed by atoms with Gasteiger partial charge in [0.15, 0.2) is 0 Å². The van der Waals surface area contributed by atoms with Crippen molar-refractivity contribution in [3.8, 4) is 22.5 Å². The fourth-order valence-corrected chi connectivity index (χ4v) is 6.98. The van der Waals surface area contributed by atoms with Crippen LogP contribution in [-0.4, -0.2) is 33.2 Å². The number of carboxylic acids is 1. The van der Waals surface area contributed by atoms with Crippen molar-refractivity contribution in [2.45, 2.75) is 32.1 Å². The zero-order valence-electron chi connectivity index (χ0n) is 20.9. The molecule has 0 saturated carbocycles. The van der Waals surface area contributed by atoms with Gasteiger partial charge in [-0.2, -0.15) is 0 Å². The van der Waals surface area contributed by atoms with Crippen molar-refractivity contribution in [2.75, 3.05) is 32.1 Å². The van der Waals surface area contributed by atoms with Crippen LogP contribution >= 0.6 is 46.4 Å². The quantitative estimate of drug-likeness (QED) is 0.119. The summed E-state index contributed by atoms with van der Waals surface area (Å²) in [6, 6.07) is 7.94. The lowest BCUT2D eigenvalue weighted by molar-refractivity contribution is -0.254. The molecule has 6 rings (SSSR count). The summed E-state index contributed by atoms with van der Waals surface area (Å²) >= 11 is 26.1. The molecule has 5 nitrogen and oxygen atoms in total. The van der Waals surface area contributed by atoms with Gasteiger partial charge in [0.2, 0.25) is 5.36 Å². The second kappa shape index (κ2) is 9.63. The molecular formula is C29H24Cl4N2O3. The molecule has 3 aliphatic heterocycles. The van der Waals surface area contributed by atoms with Crippen LogP contribution < -0.4 is 19.9 Å². The Morgan fingerprint density at radius 3 is 2.39 bits per heavy atom. The van der Waals surface area contributed by atoms with E-state index in [0.29, 0.717) is 16.9 Å². The summed E-state index contributed by atoms with van der Waals surface area (Å²) in [6.07, 6.45) is 4.99. The molecule has 0 unspecified atom stereocenters. The van der Waals surface area contributed by atoms with Gasteiger partial charge in [0.25, 0.3) is 0 Å². The molecule has 0 spiro atoms. The summed E-state index contributed by atoms with van der Waals surface area (Å²) in [5, 5.41) is 13.9. The van der Waals surface area contributed by atoms with Crippen LogP contribution in [0.25, 0.3) is 33.4 Å². The molecule has 2 aromatic rings. The SMILES string of the molecule is C[N+](C)=c1ccc2c(-c3c(Cl)c(Cl)c(Cl)c(Cl)c3C(=O)[O-])c3cc4c5c(c3oc-2c1)CCCN5CCCC4. The predicted molar refractivity (Wildman–Crippen MR) is 153 cm³/mol. The lowest BCUT2D eigenvalue weighted by atomic mass is 9.86. The predicted octanol–water partition coefficient (Wildman–Crippen LogP) is 6.30. The average Bonchev–Trinajstić information content (AvgIpc) is 3.11. The van der Waals surface area contributed by atoms with Crippen LogP contribution in [0, 0.1) is 0 Å². The third-order valence-corrected chi connectivity index (χ3v) is 9.48. The third kappa shape index (κ3) is 3.90. The summed E-state index contributed by atoms with van der Waals surface area (Å²) in [5.41, 5.74) is 5.51. The Bertz CT molecular complexity index is 1710. The van der Waals surface area contributed by atoms with E-state index in [1.165, 1.54) is 11.3 Å². The Kier molecular flexibility index (Phi) is 6.55. The first-order valence-electron chi connectivity index (χ1n) is 12.6. The van der Waals surface area contributed by atoms with Gasteiger partial charge in [-0.15, -0.1) is 0 Å². The Morgan fingerprint density at radius 1 is 0.921 bits per heavy atom. The van der Waals surface area contributed by atoms with Gasteiger partial charge in [-0.1, -0.05) is 46.4 Å². The highest BCUT2D eigenvalue weighted by atomic mass is 35.5. The highest BCUT2D eigenvalue weighted by Gasteiger charge is 2.31. The van der Waals surface area contributed by atoms with Crippen LogP contribution in [0.3, 0.4) is 0 Å². The second-order valence-corrected chi connectivity index (χ2v) is 11.6. The van der Waals surface area contributed by atoms with Crippen molar-refractivity contribution < 1.29 is 14.3 Å². The lowest BCUT2D eigenvalue weighted by Crippen LogP contribution is -2.30. The van der Waals surface area contributed by atoms with Gasteiger partial charge in [-0.3, -0.25) is 0 Å². The van der Waals surface area contributed by atoms with E-state index in [4.69, 9.17) is 50.8 Å². The van der Waals surface area contributed by atoms with E-state index >= 15 is 0 Å². The summed E-state index contributed by atoms with van der Waals surface area (Å²) in [5.74, 6) is -0.886. The Hall–Kier alpha value is -2.44. The summed E-state index contributed by atoms with van der Waals surface area (Å²) in [4.78, 5) is 15.0. The van der Waals surface area contributed by atoms with Crippen molar-refractivity contribution in [1.82, 2.24) is 4.58 Å². The maximum absolute atomic E-state index is 12.5. The minimum absolute atomic E-state index is 0.00684. The minimum atomic E-state index is -1.49. The molecule has 0 bridgehead atoms. The van der Waals surface area contributed by atoms with Crippen molar-refractivity contribution in [3.05, 3.63) is 66.4 Å². The number of halogens is 4. The highest BCUT2D eigenvalue weighted by molar-refractivity contribution is 6.54. The molecular weight excluding hydrogens is 566 g/mol. The fraction of sp³-hybridized carbons (Fsp3) is 0.310. The molecule has 38 heavy (non-hydrogen) atoms. The molecule has 0 N–H and O–H groups in total. The summed E-state index contributed by atoms with van der Waals surface area (Å²) in [7, 11) is 3.91. The lowest BCUT2D eigenvalue weighted by Gasteiger charge is -2.33. The monoisotopic (exact) mass is 588 g/mol. The van der Waals surface area contributed by atoms with Gasteiger partial charge < -0.3 is 19.2 Å². The molecule has 2 aromatic carbocycles. The number of aryl methyl sites for hydroxylation is 2. The van der Waals surface area contributed by atoms with Gasteiger partial charge in [-0.25, -0.2) is 4.58 Å². The number of nitrogens with zero attached hydrogens (tertiary/aromatic N) is 2. The van der Waals surface area contributed by atoms with Crippen LogP contribution in [0.2, 0.25) is 20.1 Å². The summed E-state index contributed by atoms with van der Waals surface area (Å²) < 4.78 is 8.67. The molecule has 9 heteroatoms. The number of carbonyl (C=O) groups is 1. The molecule has 196 valence electrons. The molecule has 0 atom stereocenters. The topological polar surface area (TPSA) is 59.5 Å². The number of carboxylic acid groups (broad SMARTS) is 1. The van der Waals surface area contributed by atoms with Crippen LogP contribution in [0.1, 0.15) is 40.7 Å². The van der Waals surface area contributed by atoms with E-state index in [0.717, 1.165) is 67.1 Å². The van der Waals surface area contributed by atoms with E-state index in [-0.39, 0.29) is 31.2 Å². The summed E-state index contributed by atoms with van der Waals surface area (Å²) in [6.45, 7) is 2.03. The fourth-order valence-electron chi connectivity index (χ4n) is 5.95. The molecule has 3 heterocycles. The number of fused-ring (bicyclic) bond motifs is 3. The van der Waals surface area contributed by atoms with E-state index < -0.39 is 5.97 Å². The van der Waals surface area contributed by atoms with Crippen molar-refractivity contribution >= 4 is 69.0 Å². The van der Waals surface area contributed by atoms with Crippen molar-refractivity contribution in [2.24, 2.45) is 0 Å². The molecule has 0 saturated heterocycles. The molecule has 0 radical (unpaired) electrons. The van der Waals surface area contributed by atoms with Crippen LogP contribution in [0.5, 0.6) is 0 Å². The van der Waals surface area contributed by atoms with Gasteiger partial charge >= 0.3 is 0 Å². The van der Waals surface area contributed by atoms with Gasteiger partial charge in [-0.05, 0) is 49.8 Å². The molecule has 4 aliphatic rings. The minimum Gasteiger partial charge on any atom is -0.545 e. The zero-order chi connectivity index (χ0) is 26.9. The average molecular weight is 590 g/mol. The maximum atomic E-state index is 12.5. The van der Waals surface area contributed by atoms with Crippen LogP contribution in [-0.2, 0) is 12.8 Å². The van der Waals surface area contributed by atoms with Gasteiger partial charge in [0, 0.05) is 58.0 Å². The number of aromatic carboxylic acids is 1. The molecule has 0 aromatic heterocycles. The first-order chi connectivity index (χ1) is 18.2. The number of hydrogen-bond donors (Lipinski definition) is 0. The van der Waals surface area contributed by atoms with Gasteiger partial charge in [0.1, 0.15) is 25.4 Å². The highest BCUT2D eigenvalue weighted by Crippen LogP contribution is 2.52. The second-order valence-electron chi connectivity index (χ2n) is 10.1. The number of carbonyl (C=O) groups excluding carboxylic acids is 1. The number of hydrogen-bond acceptors (Lipinski definition) is 4. The first-order valence-corrected chi connectivity index (χ1v) is 14.1. The Balaban J connectivity index is 1.87. The first kappa shape index (κ1) is 25.8. The number of anilines is 1. The molecule has 0 fully saturated rings. The third-order valence-electron chi connectivity index (χ3n) is 7.68. The number of rotatable bonds is 2. The van der Waals surface area contributed by atoms with Crippen LogP contribution in [0.4, 0.5) is 5.69 Å². The number of benzene rings is 3. The van der Waals surface area contributed by atoms with Crippen molar-refractivity contribution in [3.63, 3.8) is 0 Å². The molecule has 1 aliphatic carbocycles. The Morgan fingerprint density at radius 2 is 1.66 bits per heavy atom.